The van der Waals surface area contributed by atoms with Crippen molar-refractivity contribution in [3.05, 3.63) is 21.9 Å². The van der Waals surface area contributed by atoms with E-state index in [1.165, 1.54) is 16.5 Å². The largest absolute Gasteiger partial charge is 0.357 e. The number of rotatable bonds is 8. The van der Waals surface area contributed by atoms with Crippen LogP contribution < -0.4 is 10.2 Å². The van der Waals surface area contributed by atoms with E-state index in [4.69, 9.17) is 4.99 Å². The SMILES string of the molecule is CCNC(=NCCCCc1nc(C)cs1)N1CCN(c2nc(CC)ns2)CC1.I. The van der Waals surface area contributed by atoms with Gasteiger partial charge in [0, 0.05) is 68.3 Å². The lowest BCUT2D eigenvalue weighted by molar-refractivity contribution is 0.372. The molecule has 0 aliphatic carbocycles. The summed E-state index contributed by atoms with van der Waals surface area (Å²) in [6, 6.07) is 0. The fourth-order valence-corrected chi connectivity index (χ4v) is 4.76. The number of nitrogens with one attached hydrogen (secondary N) is 1. The van der Waals surface area contributed by atoms with E-state index < -0.39 is 0 Å². The number of guanidine groups is 1. The number of aliphatic imine (C=N–C) groups is 1. The van der Waals surface area contributed by atoms with Crippen LogP contribution in [0.5, 0.6) is 0 Å². The summed E-state index contributed by atoms with van der Waals surface area (Å²) in [7, 11) is 0. The van der Waals surface area contributed by atoms with E-state index in [0.717, 1.165) is 87.6 Å². The second-order valence-electron chi connectivity index (χ2n) is 6.90. The highest BCUT2D eigenvalue weighted by Gasteiger charge is 2.21. The van der Waals surface area contributed by atoms with Gasteiger partial charge in [-0.05, 0) is 33.1 Å². The molecule has 0 amide bonds. The second kappa shape index (κ2) is 12.6. The minimum absolute atomic E-state index is 0. The molecule has 0 bridgehead atoms. The number of hydrogen-bond acceptors (Lipinski definition) is 7. The minimum atomic E-state index is 0. The number of thiazole rings is 1. The Kier molecular flexibility index (Phi) is 10.6. The molecule has 162 valence electrons. The minimum Gasteiger partial charge on any atom is -0.357 e. The first-order valence-corrected chi connectivity index (χ1v) is 11.9. The van der Waals surface area contributed by atoms with Crippen molar-refractivity contribution in [2.45, 2.75) is 46.5 Å². The summed E-state index contributed by atoms with van der Waals surface area (Å²) >= 11 is 3.28. The van der Waals surface area contributed by atoms with Crippen LogP contribution in [0.1, 0.15) is 43.2 Å². The van der Waals surface area contributed by atoms with Gasteiger partial charge in [-0.3, -0.25) is 4.99 Å². The highest BCUT2D eigenvalue weighted by Crippen LogP contribution is 2.19. The van der Waals surface area contributed by atoms with Crippen LogP contribution in [0.2, 0.25) is 0 Å². The van der Waals surface area contributed by atoms with Crippen LogP contribution in [0.4, 0.5) is 5.13 Å². The molecule has 29 heavy (non-hydrogen) atoms. The Labute approximate surface area is 199 Å². The maximum atomic E-state index is 4.86. The van der Waals surface area contributed by atoms with Gasteiger partial charge in [0.25, 0.3) is 0 Å². The highest BCUT2D eigenvalue weighted by molar-refractivity contribution is 14.0. The molecule has 10 heteroatoms. The van der Waals surface area contributed by atoms with Gasteiger partial charge in [0.05, 0.1) is 5.01 Å². The predicted molar refractivity (Wildman–Crippen MR) is 134 cm³/mol. The van der Waals surface area contributed by atoms with Crippen LogP contribution in [0.15, 0.2) is 10.4 Å². The Hall–Kier alpha value is -1.01. The molecule has 2 aromatic rings. The molecule has 1 saturated heterocycles. The zero-order valence-electron chi connectivity index (χ0n) is 17.6. The average molecular weight is 550 g/mol. The Morgan fingerprint density at radius 1 is 1.17 bits per heavy atom. The smallest absolute Gasteiger partial charge is 0.205 e. The third-order valence-corrected chi connectivity index (χ3v) is 6.53. The molecule has 1 N–H and O–H groups in total. The molecule has 0 radical (unpaired) electrons. The molecule has 2 aromatic heterocycles. The number of halogens is 1. The molecule has 1 aliphatic rings. The van der Waals surface area contributed by atoms with E-state index in [1.807, 2.05) is 0 Å². The summed E-state index contributed by atoms with van der Waals surface area (Å²) in [6.07, 6.45) is 4.19. The first-order valence-electron chi connectivity index (χ1n) is 10.2. The van der Waals surface area contributed by atoms with E-state index in [0.29, 0.717) is 0 Å². The molecule has 0 unspecified atom stereocenters. The molecule has 3 rings (SSSR count). The Balaban J connectivity index is 0.00000300. The molecule has 7 nitrogen and oxygen atoms in total. The molecule has 0 saturated carbocycles. The van der Waals surface area contributed by atoms with Gasteiger partial charge in [-0.25, -0.2) is 9.97 Å². The van der Waals surface area contributed by atoms with Crippen molar-refractivity contribution in [1.82, 2.24) is 24.6 Å². The summed E-state index contributed by atoms with van der Waals surface area (Å²) < 4.78 is 4.41. The maximum Gasteiger partial charge on any atom is 0.205 e. The number of nitrogens with zero attached hydrogens (tertiary/aromatic N) is 6. The third kappa shape index (κ3) is 7.32. The summed E-state index contributed by atoms with van der Waals surface area (Å²) in [5.41, 5.74) is 1.13. The zero-order valence-corrected chi connectivity index (χ0v) is 21.5. The molecular formula is C19H32IN7S2. The van der Waals surface area contributed by atoms with Crippen LogP contribution >= 0.6 is 46.8 Å². The van der Waals surface area contributed by atoms with Gasteiger partial charge in [-0.1, -0.05) is 6.92 Å². The monoisotopic (exact) mass is 549 g/mol. The third-order valence-electron chi connectivity index (χ3n) is 4.69. The van der Waals surface area contributed by atoms with E-state index in [9.17, 15) is 0 Å². The standard InChI is InChI=1S/C19H31N7S2.HI/c1-4-16-23-19(28-24-16)26-12-10-25(11-13-26)18(20-5-2)21-9-7-6-8-17-22-15(3)14-27-17;/h14H,4-13H2,1-3H3,(H,20,21);1H. The molecule has 0 atom stereocenters. The number of anilines is 1. The van der Waals surface area contributed by atoms with Crippen molar-refractivity contribution >= 4 is 57.9 Å². The van der Waals surface area contributed by atoms with Crippen LogP contribution in [0.25, 0.3) is 0 Å². The van der Waals surface area contributed by atoms with Crippen LogP contribution in [-0.2, 0) is 12.8 Å². The van der Waals surface area contributed by atoms with Crippen molar-refractivity contribution in [3.8, 4) is 0 Å². The van der Waals surface area contributed by atoms with Crippen LogP contribution in [0, 0.1) is 6.92 Å². The fraction of sp³-hybridized carbons (Fsp3) is 0.684. The first-order chi connectivity index (χ1) is 13.7. The van der Waals surface area contributed by atoms with Crippen molar-refractivity contribution < 1.29 is 0 Å². The maximum absolute atomic E-state index is 4.86. The first kappa shape index (κ1) is 24.3. The summed E-state index contributed by atoms with van der Waals surface area (Å²) in [5, 5.41) is 7.87. The number of aromatic nitrogens is 3. The van der Waals surface area contributed by atoms with Gasteiger partial charge >= 0.3 is 0 Å². The molecule has 0 spiro atoms. The molecule has 3 heterocycles. The van der Waals surface area contributed by atoms with Crippen molar-refractivity contribution in [2.24, 2.45) is 4.99 Å². The van der Waals surface area contributed by atoms with Gasteiger partial charge in [0.1, 0.15) is 5.82 Å². The number of unbranched alkanes of at least 4 members (excludes halogenated alkanes) is 1. The summed E-state index contributed by atoms with van der Waals surface area (Å²) in [4.78, 5) is 18.7. The predicted octanol–water partition coefficient (Wildman–Crippen LogP) is 3.59. The van der Waals surface area contributed by atoms with E-state index in [-0.39, 0.29) is 24.0 Å². The van der Waals surface area contributed by atoms with Crippen molar-refractivity contribution in [1.29, 1.82) is 0 Å². The molecule has 0 aromatic carbocycles. The Bertz CT molecular complexity index is 753. The van der Waals surface area contributed by atoms with Crippen molar-refractivity contribution in [2.75, 3.05) is 44.2 Å². The van der Waals surface area contributed by atoms with Crippen molar-refractivity contribution in [3.63, 3.8) is 0 Å². The molecule has 1 aliphatic heterocycles. The Morgan fingerprint density at radius 3 is 2.59 bits per heavy atom. The second-order valence-corrected chi connectivity index (χ2v) is 8.57. The van der Waals surface area contributed by atoms with E-state index in [1.54, 1.807) is 11.3 Å². The number of aryl methyl sites for hydroxylation is 3. The lowest BCUT2D eigenvalue weighted by Crippen LogP contribution is -2.52. The van der Waals surface area contributed by atoms with E-state index in [2.05, 4.69) is 55.6 Å². The van der Waals surface area contributed by atoms with Gasteiger partial charge in [-0.2, -0.15) is 4.37 Å². The molecule has 1 fully saturated rings. The summed E-state index contributed by atoms with van der Waals surface area (Å²) in [5.74, 6) is 1.99. The lowest BCUT2D eigenvalue weighted by Gasteiger charge is -2.36. The summed E-state index contributed by atoms with van der Waals surface area (Å²) in [6.45, 7) is 11.9. The average Bonchev–Trinajstić information content (AvgIpc) is 3.36. The normalized spacial score (nSPS) is 14.8. The van der Waals surface area contributed by atoms with Gasteiger partial charge in [-0.15, -0.1) is 35.3 Å². The highest BCUT2D eigenvalue weighted by atomic mass is 127. The number of hydrogen-bond donors (Lipinski definition) is 1. The van der Waals surface area contributed by atoms with Gasteiger partial charge in [0.15, 0.2) is 5.96 Å². The van der Waals surface area contributed by atoms with Gasteiger partial charge < -0.3 is 15.1 Å². The van der Waals surface area contributed by atoms with E-state index >= 15 is 0 Å². The zero-order chi connectivity index (χ0) is 19.8. The lowest BCUT2D eigenvalue weighted by atomic mass is 10.2. The quantitative estimate of drug-likeness (QED) is 0.235. The topological polar surface area (TPSA) is 69.5 Å². The fourth-order valence-electron chi connectivity index (χ4n) is 3.14. The molecular weight excluding hydrogens is 517 g/mol. The van der Waals surface area contributed by atoms with Crippen LogP contribution in [-0.4, -0.2) is 64.5 Å². The van der Waals surface area contributed by atoms with Crippen LogP contribution in [0.3, 0.4) is 0 Å². The number of piperazine rings is 1. The Morgan fingerprint density at radius 2 is 1.97 bits per heavy atom. The van der Waals surface area contributed by atoms with Gasteiger partial charge in [0.2, 0.25) is 5.13 Å².